The fraction of sp³-hybridized carbons (Fsp3) is 0.316. The Morgan fingerprint density at radius 1 is 1.04 bits per heavy atom. The summed E-state index contributed by atoms with van der Waals surface area (Å²) in [5, 5.41) is 2.79. The number of ether oxygens (including phenoxy) is 4. The van der Waals surface area contributed by atoms with E-state index in [0.29, 0.717) is 22.8 Å². The first kappa shape index (κ1) is 19.4. The second kappa shape index (κ2) is 8.94. The molecule has 0 spiro atoms. The zero-order valence-corrected chi connectivity index (χ0v) is 15.2. The van der Waals surface area contributed by atoms with Crippen molar-refractivity contribution < 1.29 is 28.1 Å². The Balaban J connectivity index is 2.05. The molecule has 0 heterocycles. The van der Waals surface area contributed by atoms with Gasteiger partial charge in [0.15, 0.2) is 23.1 Å². The van der Waals surface area contributed by atoms with Gasteiger partial charge in [-0.1, -0.05) is 12.1 Å². The zero-order valence-electron chi connectivity index (χ0n) is 15.2. The fourth-order valence-electron chi connectivity index (χ4n) is 2.34. The highest BCUT2D eigenvalue weighted by molar-refractivity contribution is 5.95. The third-order valence-corrected chi connectivity index (χ3v) is 3.63. The number of amides is 1. The third kappa shape index (κ3) is 4.56. The standard InChI is InChI=1S/C19H22FNO5/c1-12(11-26-15-8-6-5-7-14(15)20)21-19(22)13-9-16(23-2)18(25-4)17(10-13)24-3/h5-10,12H,11H2,1-4H3,(H,21,22). The summed E-state index contributed by atoms with van der Waals surface area (Å²) in [7, 11) is 4.44. The van der Waals surface area contributed by atoms with Crippen LogP contribution in [0.1, 0.15) is 17.3 Å². The number of hydrogen-bond acceptors (Lipinski definition) is 5. The molecular weight excluding hydrogens is 341 g/mol. The Morgan fingerprint density at radius 2 is 1.65 bits per heavy atom. The first-order valence-corrected chi connectivity index (χ1v) is 7.98. The van der Waals surface area contributed by atoms with Crippen molar-refractivity contribution in [3.05, 3.63) is 47.8 Å². The Hall–Kier alpha value is -2.96. The number of nitrogens with one attached hydrogen (secondary N) is 1. The fourth-order valence-corrected chi connectivity index (χ4v) is 2.34. The quantitative estimate of drug-likeness (QED) is 0.781. The lowest BCUT2D eigenvalue weighted by Crippen LogP contribution is -2.36. The summed E-state index contributed by atoms with van der Waals surface area (Å²) in [4.78, 5) is 12.5. The van der Waals surface area contributed by atoms with Crippen molar-refractivity contribution in [1.29, 1.82) is 0 Å². The van der Waals surface area contributed by atoms with Crippen molar-refractivity contribution in [3.8, 4) is 23.0 Å². The van der Waals surface area contributed by atoms with Crippen molar-refractivity contribution in [2.24, 2.45) is 0 Å². The maximum absolute atomic E-state index is 13.6. The molecule has 0 saturated heterocycles. The molecular formula is C19H22FNO5. The third-order valence-electron chi connectivity index (χ3n) is 3.63. The van der Waals surface area contributed by atoms with Crippen molar-refractivity contribution in [2.75, 3.05) is 27.9 Å². The van der Waals surface area contributed by atoms with E-state index in [1.807, 2.05) is 0 Å². The van der Waals surface area contributed by atoms with E-state index in [1.54, 1.807) is 31.2 Å². The molecule has 2 aromatic rings. The van der Waals surface area contributed by atoms with E-state index < -0.39 is 5.82 Å². The van der Waals surface area contributed by atoms with Gasteiger partial charge in [0.25, 0.3) is 5.91 Å². The number of halogens is 1. The second-order valence-corrected chi connectivity index (χ2v) is 5.53. The van der Waals surface area contributed by atoms with Crippen LogP contribution in [-0.2, 0) is 0 Å². The molecule has 0 bridgehead atoms. The summed E-state index contributed by atoms with van der Waals surface area (Å²) < 4.78 is 34.7. The summed E-state index contributed by atoms with van der Waals surface area (Å²) in [6.45, 7) is 1.88. The Labute approximate surface area is 151 Å². The number of carbonyl (C=O) groups excluding carboxylic acids is 1. The summed E-state index contributed by atoms with van der Waals surface area (Å²) in [6.07, 6.45) is 0. The minimum atomic E-state index is -0.448. The molecule has 140 valence electrons. The minimum Gasteiger partial charge on any atom is -0.493 e. The molecule has 1 atom stereocenters. The van der Waals surface area contributed by atoms with Gasteiger partial charge >= 0.3 is 0 Å². The summed E-state index contributed by atoms with van der Waals surface area (Å²) in [5.74, 6) is 0.521. The Morgan fingerprint density at radius 3 is 2.19 bits per heavy atom. The van der Waals surface area contributed by atoms with Crippen LogP contribution in [0.2, 0.25) is 0 Å². The maximum atomic E-state index is 13.6. The van der Waals surface area contributed by atoms with Crippen LogP contribution in [0.5, 0.6) is 23.0 Å². The summed E-state index contributed by atoms with van der Waals surface area (Å²) in [6, 6.07) is 8.87. The predicted octanol–water partition coefficient (Wildman–Crippen LogP) is 3.05. The molecule has 7 heteroatoms. The SMILES string of the molecule is COc1cc(C(=O)NC(C)COc2ccccc2F)cc(OC)c1OC. The highest BCUT2D eigenvalue weighted by atomic mass is 19.1. The molecule has 0 radical (unpaired) electrons. The van der Waals surface area contributed by atoms with E-state index in [1.165, 1.54) is 33.5 Å². The highest BCUT2D eigenvalue weighted by Crippen LogP contribution is 2.38. The van der Waals surface area contributed by atoms with Gasteiger partial charge in [0.05, 0.1) is 27.4 Å². The van der Waals surface area contributed by atoms with Crippen LogP contribution >= 0.6 is 0 Å². The average molecular weight is 363 g/mol. The highest BCUT2D eigenvalue weighted by Gasteiger charge is 2.18. The molecule has 2 rings (SSSR count). The number of benzene rings is 2. The molecule has 6 nitrogen and oxygen atoms in total. The number of methoxy groups -OCH3 is 3. The van der Waals surface area contributed by atoms with Crippen molar-refractivity contribution in [3.63, 3.8) is 0 Å². The van der Waals surface area contributed by atoms with E-state index in [0.717, 1.165) is 0 Å². The van der Waals surface area contributed by atoms with Crippen molar-refractivity contribution in [2.45, 2.75) is 13.0 Å². The molecule has 0 saturated carbocycles. The van der Waals surface area contributed by atoms with Gasteiger partial charge in [-0.2, -0.15) is 0 Å². The number of hydrogen-bond donors (Lipinski definition) is 1. The second-order valence-electron chi connectivity index (χ2n) is 5.53. The summed E-state index contributed by atoms with van der Waals surface area (Å²) >= 11 is 0. The Kier molecular flexibility index (Phi) is 6.66. The Bertz CT molecular complexity index is 740. The van der Waals surface area contributed by atoms with Crippen LogP contribution in [0, 0.1) is 5.82 Å². The molecule has 0 aliphatic heterocycles. The predicted molar refractivity (Wildman–Crippen MR) is 94.9 cm³/mol. The van der Waals surface area contributed by atoms with Crippen LogP contribution in [0.15, 0.2) is 36.4 Å². The molecule has 0 aliphatic carbocycles. The first-order chi connectivity index (χ1) is 12.5. The van der Waals surface area contributed by atoms with E-state index in [4.69, 9.17) is 18.9 Å². The van der Waals surface area contributed by atoms with Crippen LogP contribution in [0.25, 0.3) is 0 Å². The molecule has 0 fully saturated rings. The largest absolute Gasteiger partial charge is 0.493 e. The van der Waals surface area contributed by atoms with Gasteiger partial charge in [-0.25, -0.2) is 4.39 Å². The topological polar surface area (TPSA) is 66.0 Å². The van der Waals surface area contributed by atoms with Gasteiger partial charge in [-0.05, 0) is 31.2 Å². The van der Waals surface area contributed by atoms with Crippen molar-refractivity contribution >= 4 is 5.91 Å². The van der Waals surface area contributed by atoms with Gasteiger partial charge in [0.1, 0.15) is 6.61 Å². The number of para-hydroxylation sites is 1. The normalized spacial score (nSPS) is 11.4. The molecule has 2 aromatic carbocycles. The average Bonchev–Trinajstić information content (AvgIpc) is 2.65. The van der Waals surface area contributed by atoms with Crippen LogP contribution in [0.3, 0.4) is 0 Å². The van der Waals surface area contributed by atoms with Gasteiger partial charge in [0, 0.05) is 5.56 Å². The van der Waals surface area contributed by atoms with Crippen molar-refractivity contribution in [1.82, 2.24) is 5.32 Å². The van der Waals surface area contributed by atoms with E-state index in [2.05, 4.69) is 5.32 Å². The summed E-state index contributed by atoms with van der Waals surface area (Å²) in [5.41, 5.74) is 0.345. The first-order valence-electron chi connectivity index (χ1n) is 7.98. The van der Waals surface area contributed by atoms with Crippen LogP contribution < -0.4 is 24.3 Å². The molecule has 0 aromatic heterocycles. The molecule has 1 unspecified atom stereocenters. The van der Waals surface area contributed by atoms with E-state index >= 15 is 0 Å². The molecule has 1 N–H and O–H groups in total. The van der Waals surface area contributed by atoms with Gasteiger partial charge < -0.3 is 24.3 Å². The monoisotopic (exact) mass is 363 g/mol. The lowest BCUT2D eigenvalue weighted by molar-refractivity contribution is 0.0925. The van der Waals surface area contributed by atoms with E-state index in [-0.39, 0.29) is 24.3 Å². The van der Waals surface area contributed by atoms with Crippen LogP contribution in [-0.4, -0.2) is 39.9 Å². The lowest BCUT2D eigenvalue weighted by atomic mass is 10.1. The minimum absolute atomic E-state index is 0.122. The molecule has 1 amide bonds. The van der Waals surface area contributed by atoms with Gasteiger partial charge in [-0.3, -0.25) is 4.79 Å². The number of carbonyl (C=O) groups is 1. The number of rotatable bonds is 8. The maximum Gasteiger partial charge on any atom is 0.251 e. The zero-order chi connectivity index (χ0) is 19.1. The smallest absolute Gasteiger partial charge is 0.251 e. The lowest BCUT2D eigenvalue weighted by Gasteiger charge is -2.17. The molecule has 0 aliphatic rings. The van der Waals surface area contributed by atoms with Gasteiger partial charge in [-0.15, -0.1) is 0 Å². The molecule has 26 heavy (non-hydrogen) atoms. The van der Waals surface area contributed by atoms with E-state index in [9.17, 15) is 9.18 Å². The van der Waals surface area contributed by atoms with Crippen LogP contribution in [0.4, 0.5) is 4.39 Å². The van der Waals surface area contributed by atoms with Gasteiger partial charge in [0.2, 0.25) is 5.75 Å².